The molecular weight excluding hydrogens is 272 g/mol. The lowest BCUT2D eigenvalue weighted by Gasteiger charge is -2.31. The molecular formula is C15H24N2O4. The van der Waals surface area contributed by atoms with Crippen molar-refractivity contribution in [1.29, 1.82) is 0 Å². The summed E-state index contributed by atoms with van der Waals surface area (Å²) < 4.78 is 5.06. The Labute approximate surface area is 124 Å². The smallest absolute Gasteiger partial charge is 0.305 e. The van der Waals surface area contributed by atoms with Gasteiger partial charge in [-0.05, 0) is 33.1 Å². The Morgan fingerprint density at radius 3 is 2.33 bits per heavy atom. The lowest BCUT2D eigenvalue weighted by atomic mass is 9.88. The van der Waals surface area contributed by atoms with Gasteiger partial charge in [-0.25, -0.2) is 0 Å². The fraction of sp³-hybridized carbons (Fsp3) is 0.667. The van der Waals surface area contributed by atoms with Gasteiger partial charge in [0.05, 0.1) is 12.1 Å². The Kier molecular flexibility index (Phi) is 5.93. The van der Waals surface area contributed by atoms with Gasteiger partial charge in [0, 0.05) is 17.5 Å². The van der Waals surface area contributed by atoms with Crippen molar-refractivity contribution in [3.05, 3.63) is 17.0 Å². The Morgan fingerprint density at radius 1 is 1.29 bits per heavy atom. The molecule has 1 rings (SSSR count). The number of aromatic nitrogens is 1. The number of nitrogens with one attached hydrogen (secondary N) is 1. The third-order valence-corrected chi connectivity index (χ3v) is 4.03. The summed E-state index contributed by atoms with van der Waals surface area (Å²) in [5, 5.41) is 15.8. The molecule has 1 aromatic heterocycles. The number of amides is 1. The SMILES string of the molecule is CCC(CC)(CC(=O)O)NC(=O)CCc1c(C)noc1C. The Morgan fingerprint density at radius 2 is 1.90 bits per heavy atom. The lowest BCUT2D eigenvalue weighted by Crippen LogP contribution is -2.49. The second-order valence-corrected chi connectivity index (χ2v) is 5.41. The van der Waals surface area contributed by atoms with Gasteiger partial charge in [0.2, 0.25) is 5.91 Å². The van der Waals surface area contributed by atoms with Crippen molar-refractivity contribution < 1.29 is 19.2 Å². The van der Waals surface area contributed by atoms with Crippen molar-refractivity contribution in [3.8, 4) is 0 Å². The number of aliphatic carboxylic acids is 1. The third-order valence-electron chi connectivity index (χ3n) is 4.03. The summed E-state index contributed by atoms with van der Waals surface area (Å²) in [4.78, 5) is 23.1. The number of carboxylic acid groups (broad SMARTS) is 1. The van der Waals surface area contributed by atoms with E-state index in [9.17, 15) is 9.59 Å². The molecule has 0 fully saturated rings. The van der Waals surface area contributed by atoms with Gasteiger partial charge in [-0.3, -0.25) is 9.59 Å². The number of rotatable bonds is 8. The van der Waals surface area contributed by atoms with Crippen LogP contribution in [0.25, 0.3) is 0 Å². The molecule has 0 bridgehead atoms. The van der Waals surface area contributed by atoms with Gasteiger partial charge in [0.25, 0.3) is 0 Å². The molecule has 0 saturated heterocycles. The number of hydrogen-bond donors (Lipinski definition) is 2. The zero-order valence-corrected chi connectivity index (χ0v) is 13.2. The second kappa shape index (κ2) is 7.24. The molecule has 0 saturated carbocycles. The highest BCUT2D eigenvalue weighted by molar-refractivity contribution is 5.78. The minimum atomic E-state index is -0.898. The molecule has 0 aliphatic rings. The summed E-state index contributed by atoms with van der Waals surface area (Å²) in [7, 11) is 0. The first-order valence-corrected chi connectivity index (χ1v) is 7.28. The largest absolute Gasteiger partial charge is 0.481 e. The number of aryl methyl sites for hydroxylation is 2. The van der Waals surface area contributed by atoms with Crippen LogP contribution < -0.4 is 5.32 Å². The van der Waals surface area contributed by atoms with E-state index in [0.717, 1.165) is 17.0 Å². The van der Waals surface area contributed by atoms with Crippen molar-refractivity contribution in [1.82, 2.24) is 10.5 Å². The van der Waals surface area contributed by atoms with Crippen LogP contribution >= 0.6 is 0 Å². The molecule has 0 aromatic carbocycles. The van der Waals surface area contributed by atoms with Crippen molar-refractivity contribution >= 4 is 11.9 Å². The van der Waals surface area contributed by atoms with Crippen molar-refractivity contribution in [2.24, 2.45) is 0 Å². The average Bonchev–Trinajstić information content (AvgIpc) is 2.74. The van der Waals surface area contributed by atoms with Crippen LogP contribution in [0.5, 0.6) is 0 Å². The predicted octanol–water partition coefficient (Wildman–Crippen LogP) is 2.37. The quantitative estimate of drug-likeness (QED) is 0.768. The molecule has 0 aliphatic heterocycles. The first-order chi connectivity index (χ1) is 9.83. The van der Waals surface area contributed by atoms with E-state index in [1.54, 1.807) is 0 Å². The van der Waals surface area contributed by atoms with Crippen molar-refractivity contribution in [2.45, 2.75) is 65.3 Å². The standard InChI is InChI=1S/C15H24N2O4/c1-5-15(6-2,9-14(19)20)16-13(18)8-7-12-10(3)17-21-11(12)4/h5-9H2,1-4H3,(H,16,18)(H,19,20). The molecule has 6 nitrogen and oxygen atoms in total. The van der Waals surface area contributed by atoms with Gasteiger partial charge in [-0.1, -0.05) is 19.0 Å². The van der Waals surface area contributed by atoms with E-state index in [0.29, 0.717) is 25.7 Å². The van der Waals surface area contributed by atoms with Crippen LogP contribution in [-0.4, -0.2) is 27.7 Å². The maximum Gasteiger partial charge on any atom is 0.305 e. The molecule has 0 unspecified atom stereocenters. The van der Waals surface area contributed by atoms with Gasteiger partial charge in [0.1, 0.15) is 5.76 Å². The normalized spacial score (nSPS) is 11.4. The van der Waals surface area contributed by atoms with Crippen molar-refractivity contribution in [2.75, 3.05) is 0 Å². The highest BCUT2D eigenvalue weighted by atomic mass is 16.5. The monoisotopic (exact) mass is 296 g/mol. The van der Waals surface area contributed by atoms with E-state index in [2.05, 4.69) is 10.5 Å². The lowest BCUT2D eigenvalue weighted by molar-refractivity contribution is -0.139. The van der Waals surface area contributed by atoms with Gasteiger partial charge >= 0.3 is 5.97 Å². The fourth-order valence-electron chi connectivity index (χ4n) is 2.47. The van der Waals surface area contributed by atoms with Crippen LogP contribution in [0.3, 0.4) is 0 Å². The molecule has 0 radical (unpaired) electrons. The van der Waals surface area contributed by atoms with E-state index in [4.69, 9.17) is 9.63 Å². The number of carboxylic acids is 1. The zero-order valence-electron chi connectivity index (χ0n) is 13.2. The summed E-state index contributed by atoms with van der Waals surface area (Å²) in [6, 6.07) is 0. The molecule has 0 aliphatic carbocycles. The Balaban J connectivity index is 2.64. The summed E-state index contributed by atoms with van der Waals surface area (Å²) in [6.45, 7) is 7.44. The number of nitrogens with zero attached hydrogens (tertiary/aromatic N) is 1. The van der Waals surface area contributed by atoms with Gasteiger partial charge in [0.15, 0.2) is 0 Å². The summed E-state index contributed by atoms with van der Waals surface area (Å²) in [6.07, 6.45) is 1.96. The second-order valence-electron chi connectivity index (χ2n) is 5.41. The average molecular weight is 296 g/mol. The molecule has 21 heavy (non-hydrogen) atoms. The van der Waals surface area contributed by atoms with Crippen LogP contribution in [-0.2, 0) is 16.0 Å². The molecule has 1 aromatic rings. The van der Waals surface area contributed by atoms with Gasteiger partial charge in [-0.2, -0.15) is 0 Å². The Bertz CT molecular complexity index is 484. The van der Waals surface area contributed by atoms with E-state index in [-0.39, 0.29) is 12.3 Å². The fourth-order valence-corrected chi connectivity index (χ4v) is 2.47. The van der Waals surface area contributed by atoms with Crippen LogP contribution in [0.15, 0.2) is 4.52 Å². The zero-order chi connectivity index (χ0) is 16.0. The number of hydrogen-bond acceptors (Lipinski definition) is 4. The minimum Gasteiger partial charge on any atom is -0.481 e. The molecule has 0 spiro atoms. The van der Waals surface area contributed by atoms with E-state index in [1.165, 1.54) is 0 Å². The van der Waals surface area contributed by atoms with Gasteiger partial charge in [-0.15, -0.1) is 0 Å². The first-order valence-electron chi connectivity index (χ1n) is 7.28. The van der Waals surface area contributed by atoms with Gasteiger partial charge < -0.3 is 14.9 Å². The van der Waals surface area contributed by atoms with Crippen LogP contribution in [0.2, 0.25) is 0 Å². The third kappa shape index (κ3) is 4.58. The predicted molar refractivity (Wildman–Crippen MR) is 78.0 cm³/mol. The van der Waals surface area contributed by atoms with Crippen LogP contribution in [0, 0.1) is 13.8 Å². The first kappa shape index (κ1) is 17.2. The summed E-state index contributed by atoms with van der Waals surface area (Å²) >= 11 is 0. The van der Waals surface area contributed by atoms with Crippen LogP contribution in [0.1, 0.15) is 56.5 Å². The Hall–Kier alpha value is -1.85. The maximum atomic E-state index is 12.1. The van der Waals surface area contributed by atoms with Crippen LogP contribution in [0.4, 0.5) is 0 Å². The summed E-state index contributed by atoms with van der Waals surface area (Å²) in [5.41, 5.74) is 1.08. The highest BCUT2D eigenvalue weighted by Gasteiger charge is 2.30. The molecule has 118 valence electrons. The van der Waals surface area contributed by atoms with E-state index < -0.39 is 11.5 Å². The molecule has 1 heterocycles. The highest BCUT2D eigenvalue weighted by Crippen LogP contribution is 2.21. The number of carbonyl (C=O) groups excluding carboxylic acids is 1. The molecule has 1 amide bonds. The van der Waals surface area contributed by atoms with E-state index >= 15 is 0 Å². The molecule has 2 N–H and O–H groups in total. The summed E-state index contributed by atoms with van der Waals surface area (Å²) in [5.74, 6) is -0.312. The molecule has 0 atom stereocenters. The molecule has 6 heteroatoms. The topological polar surface area (TPSA) is 92.4 Å². The van der Waals surface area contributed by atoms with E-state index in [1.807, 2.05) is 27.7 Å². The maximum absolute atomic E-state index is 12.1. The minimum absolute atomic E-state index is 0.0585. The number of carbonyl (C=O) groups is 2. The van der Waals surface area contributed by atoms with Crippen molar-refractivity contribution in [3.63, 3.8) is 0 Å².